The molecule has 0 saturated carbocycles. The normalized spacial score (nSPS) is 26.1. The predicted octanol–water partition coefficient (Wildman–Crippen LogP) is -0.522. The molecule has 0 bridgehead atoms. The highest BCUT2D eigenvalue weighted by Crippen LogP contribution is 2.12. The van der Waals surface area contributed by atoms with Crippen LogP contribution in [-0.4, -0.2) is 55.6 Å². The van der Waals surface area contributed by atoms with E-state index in [9.17, 15) is 0 Å². The van der Waals surface area contributed by atoms with Gasteiger partial charge in [0.15, 0.2) is 0 Å². The topological polar surface area (TPSA) is 44.5 Å². The standard InChI is InChI=1S/C11H22N4/c1-4-5-10(13-12)8-11-9-14(2)6-7-15(11)3/h1,10-11,13H,5-9,12H2,2-3H3. The number of likely N-dealkylation sites (N-methyl/N-ethyl adjacent to an activating group) is 2. The lowest BCUT2D eigenvalue weighted by Crippen LogP contribution is -2.52. The Labute approximate surface area is 92.8 Å². The third kappa shape index (κ3) is 3.80. The van der Waals surface area contributed by atoms with Crippen molar-refractivity contribution in [3.05, 3.63) is 0 Å². The van der Waals surface area contributed by atoms with Crippen molar-refractivity contribution >= 4 is 0 Å². The zero-order chi connectivity index (χ0) is 11.3. The van der Waals surface area contributed by atoms with Gasteiger partial charge in [0.25, 0.3) is 0 Å². The van der Waals surface area contributed by atoms with E-state index in [1.807, 2.05) is 0 Å². The SMILES string of the molecule is C#CCC(CC1CN(C)CCN1C)NN. The molecule has 0 aromatic rings. The molecule has 1 aliphatic rings. The smallest absolute Gasteiger partial charge is 0.0335 e. The number of terminal acetylenes is 1. The number of nitrogens with two attached hydrogens (primary N) is 1. The second-order valence-electron chi connectivity index (χ2n) is 4.40. The van der Waals surface area contributed by atoms with Gasteiger partial charge in [0.1, 0.15) is 0 Å². The molecule has 15 heavy (non-hydrogen) atoms. The van der Waals surface area contributed by atoms with E-state index in [-0.39, 0.29) is 6.04 Å². The predicted molar refractivity (Wildman–Crippen MR) is 63.1 cm³/mol. The van der Waals surface area contributed by atoms with Gasteiger partial charge in [-0.3, -0.25) is 11.3 Å². The van der Waals surface area contributed by atoms with Crippen LogP contribution in [0.15, 0.2) is 0 Å². The molecule has 3 N–H and O–H groups in total. The van der Waals surface area contributed by atoms with E-state index in [4.69, 9.17) is 12.3 Å². The Kier molecular flexibility index (Phi) is 5.06. The van der Waals surface area contributed by atoms with Crippen molar-refractivity contribution in [1.29, 1.82) is 0 Å². The Hall–Kier alpha value is -0.600. The van der Waals surface area contributed by atoms with Gasteiger partial charge in [-0.15, -0.1) is 12.3 Å². The van der Waals surface area contributed by atoms with Crippen LogP contribution in [0.1, 0.15) is 12.8 Å². The molecule has 1 heterocycles. The maximum absolute atomic E-state index is 5.48. The molecule has 0 aliphatic carbocycles. The van der Waals surface area contributed by atoms with Crippen LogP contribution in [0.5, 0.6) is 0 Å². The second kappa shape index (κ2) is 6.09. The van der Waals surface area contributed by atoms with E-state index in [0.29, 0.717) is 12.5 Å². The number of nitrogens with zero attached hydrogens (tertiary/aromatic N) is 2. The Bertz CT molecular complexity index is 223. The van der Waals surface area contributed by atoms with E-state index in [1.165, 1.54) is 0 Å². The van der Waals surface area contributed by atoms with Gasteiger partial charge in [-0.05, 0) is 20.5 Å². The molecule has 2 unspecified atom stereocenters. The molecule has 0 amide bonds. The molecule has 0 radical (unpaired) electrons. The van der Waals surface area contributed by atoms with E-state index in [1.54, 1.807) is 0 Å². The fourth-order valence-corrected chi connectivity index (χ4v) is 2.04. The van der Waals surface area contributed by atoms with Gasteiger partial charge in [0.05, 0.1) is 0 Å². The summed E-state index contributed by atoms with van der Waals surface area (Å²) in [5, 5.41) is 0. The summed E-state index contributed by atoms with van der Waals surface area (Å²) in [5.41, 5.74) is 2.80. The average molecular weight is 210 g/mol. The first kappa shape index (κ1) is 12.5. The molecule has 86 valence electrons. The van der Waals surface area contributed by atoms with Crippen LogP contribution in [0.4, 0.5) is 0 Å². The molecule has 0 aromatic carbocycles. The van der Waals surface area contributed by atoms with Crippen molar-refractivity contribution in [2.24, 2.45) is 5.84 Å². The van der Waals surface area contributed by atoms with Crippen molar-refractivity contribution in [2.75, 3.05) is 33.7 Å². The van der Waals surface area contributed by atoms with Gasteiger partial charge < -0.3 is 9.80 Å². The highest BCUT2D eigenvalue weighted by molar-refractivity contribution is 4.92. The van der Waals surface area contributed by atoms with E-state index in [2.05, 4.69) is 35.2 Å². The monoisotopic (exact) mass is 210 g/mol. The van der Waals surface area contributed by atoms with Crippen molar-refractivity contribution in [1.82, 2.24) is 15.2 Å². The lowest BCUT2D eigenvalue weighted by molar-refractivity contribution is 0.101. The van der Waals surface area contributed by atoms with Crippen LogP contribution >= 0.6 is 0 Å². The quantitative estimate of drug-likeness (QED) is 0.372. The summed E-state index contributed by atoms with van der Waals surface area (Å²) in [6.07, 6.45) is 7.02. The highest BCUT2D eigenvalue weighted by atomic mass is 15.3. The highest BCUT2D eigenvalue weighted by Gasteiger charge is 2.24. The Morgan fingerprint density at radius 3 is 2.87 bits per heavy atom. The van der Waals surface area contributed by atoms with Gasteiger partial charge in [-0.1, -0.05) is 0 Å². The Morgan fingerprint density at radius 1 is 1.53 bits per heavy atom. The molecule has 2 atom stereocenters. The summed E-state index contributed by atoms with van der Waals surface area (Å²) in [5.74, 6) is 8.14. The summed E-state index contributed by atoms with van der Waals surface area (Å²) in [6, 6.07) is 0.784. The zero-order valence-electron chi connectivity index (χ0n) is 9.74. The van der Waals surface area contributed by atoms with Gasteiger partial charge >= 0.3 is 0 Å². The number of nitrogens with one attached hydrogen (secondary N) is 1. The second-order valence-corrected chi connectivity index (χ2v) is 4.40. The molecular formula is C11H22N4. The minimum absolute atomic E-state index is 0.231. The summed E-state index contributed by atoms with van der Waals surface area (Å²) < 4.78 is 0. The third-order valence-corrected chi connectivity index (χ3v) is 3.14. The van der Waals surface area contributed by atoms with E-state index in [0.717, 1.165) is 26.1 Å². The van der Waals surface area contributed by atoms with E-state index >= 15 is 0 Å². The van der Waals surface area contributed by atoms with Crippen LogP contribution < -0.4 is 11.3 Å². The fraction of sp³-hybridized carbons (Fsp3) is 0.818. The first-order valence-electron chi connectivity index (χ1n) is 5.45. The summed E-state index contributed by atoms with van der Waals surface area (Å²) >= 11 is 0. The summed E-state index contributed by atoms with van der Waals surface area (Å²) in [6.45, 7) is 3.36. The Morgan fingerprint density at radius 2 is 2.27 bits per heavy atom. The lowest BCUT2D eigenvalue weighted by Gasteiger charge is -2.39. The first-order valence-corrected chi connectivity index (χ1v) is 5.45. The number of hydrogen-bond donors (Lipinski definition) is 2. The largest absolute Gasteiger partial charge is 0.304 e. The zero-order valence-corrected chi connectivity index (χ0v) is 9.74. The average Bonchev–Trinajstić information content (AvgIpc) is 2.22. The maximum atomic E-state index is 5.48. The molecule has 1 aliphatic heterocycles. The van der Waals surface area contributed by atoms with Crippen molar-refractivity contribution < 1.29 is 0 Å². The first-order chi connectivity index (χ1) is 7.17. The number of rotatable bonds is 4. The molecule has 1 rings (SSSR count). The van der Waals surface area contributed by atoms with Crippen LogP contribution in [0.3, 0.4) is 0 Å². The van der Waals surface area contributed by atoms with Gasteiger partial charge in [-0.25, -0.2) is 0 Å². The van der Waals surface area contributed by atoms with Crippen molar-refractivity contribution in [3.8, 4) is 12.3 Å². The van der Waals surface area contributed by atoms with Crippen molar-refractivity contribution in [3.63, 3.8) is 0 Å². The molecule has 0 aromatic heterocycles. The molecule has 0 spiro atoms. The van der Waals surface area contributed by atoms with Gasteiger partial charge in [0.2, 0.25) is 0 Å². The van der Waals surface area contributed by atoms with Gasteiger partial charge in [0, 0.05) is 38.1 Å². The van der Waals surface area contributed by atoms with Gasteiger partial charge in [-0.2, -0.15) is 0 Å². The maximum Gasteiger partial charge on any atom is 0.0335 e. The molecular weight excluding hydrogens is 188 g/mol. The van der Waals surface area contributed by atoms with E-state index < -0.39 is 0 Å². The van der Waals surface area contributed by atoms with Crippen LogP contribution in [0.25, 0.3) is 0 Å². The third-order valence-electron chi connectivity index (χ3n) is 3.14. The van der Waals surface area contributed by atoms with Crippen molar-refractivity contribution in [2.45, 2.75) is 24.9 Å². The fourth-order valence-electron chi connectivity index (χ4n) is 2.04. The molecule has 1 saturated heterocycles. The molecule has 4 nitrogen and oxygen atoms in total. The van der Waals surface area contributed by atoms with Crippen LogP contribution in [0.2, 0.25) is 0 Å². The summed E-state index contributed by atoms with van der Waals surface area (Å²) in [7, 11) is 4.33. The summed E-state index contributed by atoms with van der Waals surface area (Å²) in [4.78, 5) is 4.75. The Balaban J connectivity index is 2.43. The van der Waals surface area contributed by atoms with Crippen LogP contribution in [0, 0.1) is 12.3 Å². The lowest BCUT2D eigenvalue weighted by atomic mass is 10.0. The van der Waals surface area contributed by atoms with Crippen LogP contribution in [-0.2, 0) is 0 Å². The minimum atomic E-state index is 0.231. The number of hydrazine groups is 1. The molecule has 4 heteroatoms. The molecule has 1 fully saturated rings. The number of hydrogen-bond acceptors (Lipinski definition) is 4. The minimum Gasteiger partial charge on any atom is -0.304 e. The number of piperazine rings is 1.